The van der Waals surface area contributed by atoms with Gasteiger partial charge in [-0.3, -0.25) is 4.79 Å². The second-order valence-corrected chi connectivity index (χ2v) is 6.19. The summed E-state index contributed by atoms with van der Waals surface area (Å²) in [5, 5.41) is 6.18. The van der Waals surface area contributed by atoms with E-state index in [1.165, 1.54) is 0 Å². The number of benzene rings is 1. The van der Waals surface area contributed by atoms with Gasteiger partial charge < -0.3 is 20.1 Å². The average molecular weight is 292 g/mol. The van der Waals surface area contributed by atoms with Crippen LogP contribution in [0.2, 0.25) is 0 Å². The molecule has 1 amide bonds. The van der Waals surface area contributed by atoms with E-state index in [2.05, 4.69) is 31.4 Å². The van der Waals surface area contributed by atoms with Gasteiger partial charge in [-0.05, 0) is 32.9 Å². The van der Waals surface area contributed by atoms with Crippen LogP contribution in [0.4, 0.5) is 5.69 Å². The lowest BCUT2D eigenvalue weighted by Gasteiger charge is -2.20. The van der Waals surface area contributed by atoms with Crippen molar-refractivity contribution in [2.45, 2.75) is 39.2 Å². The van der Waals surface area contributed by atoms with Gasteiger partial charge in [0, 0.05) is 36.7 Å². The molecule has 0 saturated carbocycles. The number of hydrogen-bond acceptors (Lipinski definition) is 4. The zero-order valence-electron chi connectivity index (χ0n) is 13.0. The number of fused-ring (bicyclic) bond motifs is 1. The zero-order chi connectivity index (χ0) is 15.3. The molecule has 1 aliphatic rings. The molecule has 1 aliphatic heterocycles. The Balaban J connectivity index is 1.88. The fourth-order valence-electron chi connectivity index (χ4n) is 2.02. The lowest BCUT2D eigenvalue weighted by atomic mass is 10.1. The second kappa shape index (κ2) is 6.80. The average Bonchev–Trinajstić information content (AvgIpc) is 2.61. The van der Waals surface area contributed by atoms with E-state index in [1.54, 1.807) is 0 Å². The normalized spacial score (nSPS) is 14.4. The van der Waals surface area contributed by atoms with Gasteiger partial charge >= 0.3 is 0 Å². The summed E-state index contributed by atoms with van der Waals surface area (Å²) in [5.74, 6) is 1.42. The van der Waals surface area contributed by atoms with Gasteiger partial charge in [-0.2, -0.15) is 0 Å². The molecule has 5 nitrogen and oxygen atoms in total. The Labute approximate surface area is 126 Å². The van der Waals surface area contributed by atoms with Crippen molar-refractivity contribution in [3.05, 3.63) is 18.2 Å². The Bertz CT molecular complexity index is 495. The SMILES string of the molecule is CC(C)(C)NCCC(=O)Nc1ccc2c(c1)OCCCO2. The summed E-state index contributed by atoms with van der Waals surface area (Å²) in [6.45, 7) is 8.19. The van der Waals surface area contributed by atoms with E-state index in [4.69, 9.17) is 9.47 Å². The molecule has 0 saturated heterocycles. The molecule has 0 aliphatic carbocycles. The van der Waals surface area contributed by atoms with Gasteiger partial charge in [-0.15, -0.1) is 0 Å². The first-order chi connectivity index (χ1) is 9.94. The molecule has 21 heavy (non-hydrogen) atoms. The summed E-state index contributed by atoms with van der Waals surface area (Å²) in [4.78, 5) is 11.9. The highest BCUT2D eigenvalue weighted by molar-refractivity contribution is 5.91. The smallest absolute Gasteiger partial charge is 0.225 e. The number of carbonyl (C=O) groups excluding carboxylic acids is 1. The second-order valence-electron chi connectivity index (χ2n) is 6.19. The van der Waals surface area contributed by atoms with Crippen molar-refractivity contribution in [2.75, 3.05) is 25.1 Å². The molecule has 0 unspecified atom stereocenters. The van der Waals surface area contributed by atoms with E-state index in [-0.39, 0.29) is 11.4 Å². The fraction of sp³-hybridized carbons (Fsp3) is 0.562. The first-order valence-corrected chi connectivity index (χ1v) is 7.38. The van der Waals surface area contributed by atoms with Gasteiger partial charge in [0.25, 0.3) is 0 Å². The monoisotopic (exact) mass is 292 g/mol. The highest BCUT2D eigenvalue weighted by atomic mass is 16.5. The topological polar surface area (TPSA) is 59.6 Å². The molecule has 0 radical (unpaired) electrons. The molecule has 116 valence electrons. The van der Waals surface area contributed by atoms with E-state index >= 15 is 0 Å². The summed E-state index contributed by atoms with van der Waals surface area (Å²) >= 11 is 0. The van der Waals surface area contributed by atoms with Crippen LogP contribution in [0.25, 0.3) is 0 Å². The third kappa shape index (κ3) is 5.27. The van der Waals surface area contributed by atoms with Gasteiger partial charge in [0.1, 0.15) is 0 Å². The van der Waals surface area contributed by atoms with Crippen molar-refractivity contribution >= 4 is 11.6 Å². The van der Waals surface area contributed by atoms with Crippen molar-refractivity contribution in [3.8, 4) is 11.5 Å². The summed E-state index contributed by atoms with van der Waals surface area (Å²) in [5.41, 5.74) is 0.759. The molecule has 1 aromatic carbocycles. The van der Waals surface area contributed by atoms with Gasteiger partial charge in [-0.1, -0.05) is 0 Å². The summed E-state index contributed by atoms with van der Waals surface area (Å²) in [6.07, 6.45) is 1.31. The number of hydrogen-bond donors (Lipinski definition) is 2. The predicted molar refractivity (Wildman–Crippen MR) is 83.1 cm³/mol. The maximum absolute atomic E-state index is 11.9. The van der Waals surface area contributed by atoms with Crippen LogP contribution < -0.4 is 20.1 Å². The molecular formula is C16H24N2O3. The molecule has 0 bridgehead atoms. The van der Waals surface area contributed by atoms with Crippen LogP contribution in [-0.2, 0) is 4.79 Å². The number of ether oxygens (including phenoxy) is 2. The fourth-order valence-corrected chi connectivity index (χ4v) is 2.02. The van der Waals surface area contributed by atoms with Crippen molar-refractivity contribution in [1.29, 1.82) is 0 Å². The van der Waals surface area contributed by atoms with Crippen LogP contribution >= 0.6 is 0 Å². The predicted octanol–water partition coefficient (Wildman–Crippen LogP) is 2.56. The molecule has 2 N–H and O–H groups in total. The van der Waals surface area contributed by atoms with Crippen molar-refractivity contribution in [1.82, 2.24) is 5.32 Å². The Hall–Kier alpha value is -1.75. The molecule has 1 aromatic rings. The number of amides is 1. The lowest BCUT2D eigenvalue weighted by Crippen LogP contribution is -2.37. The van der Waals surface area contributed by atoms with Crippen LogP contribution in [0.3, 0.4) is 0 Å². The highest BCUT2D eigenvalue weighted by Gasteiger charge is 2.13. The third-order valence-corrected chi connectivity index (χ3v) is 3.04. The lowest BCUT2D eigenvalue weighted by molar-refractivity contribution is -0.116. The number of rotatable bonds is 4. The molecule has 0 aromatic heterocycles. The van der Waals surface area contributed by atoms with Crippen LogP contribution in [0.1, 0.15) is 33.6 Å². The molecule has 0 spiro atoms. The third-order valence-electron chi connectivity index (χ3n) is 3.04. The van der Waals surface area contributed by atoms with Crippen LogP contribution in [0, 0.1) is 0 Å². The standard InChI is InChI=1S/C16H24N2O3/c1-16(2,3)17-8-7-15(19)18-12-5-6-13-14(11-12)21-10-4-9-20-13/h5-6,11,17H,4,7-10H2,1-3H3,(H,18,19). The van der Waals surface area contributed by atoms with Crippen molar-refractivity contribution in [2.24, 2.45) is 0 Å². The van der Waals surface area contributed by atoms with E-state index in [1.807, 2.05) is 18.2 Å². The van der Waals surface area contributed by atoms with E-state index < -0.39 is 0 Å². The first kappa shape index (κ1) is 15.6. The first-order valence-electron chi connectivity index (χ1n) is 7.38. The highest BCUT2D eigenvalue weighted by Crippen LogP contribution is 2.32. The quantitative estimate of drug-likeness (QED) is 0.895. The summed E-state index contributed by atoms with van der Waals surface area (Å²) < 4.78 is 11.2. The van der Waals surface area contributed by atoms with Gasteiger partial charge in [0.2, 0.25) is 5.91 Å². The number of nitrogens with one attached hydrogen (secondary N) is 2. The van der Waals surface area contributed by atoms with Crippen LogP contribution in [0.5, 0.6) is 11.5 Å². The van der Waals surface area contributed by atoms with E-state index in [0.29, 0.717) is 31.9 Å². The van der Waals surface area contributed by atoms with Gasteiger partial charge in [0.15, 0.2) is 11.5 Å². The Morgan fingerprint density at radius 3 is 2.62 bits per heavy atom. The minimum absolute atomic E-state index is 0.0127. The Morgan fingerprint density at radius 2 is 1.90 bits per heavy atom. The number of carbonyl (C=O) groups is 1. The molecular weight excluding hydrogens is 268 g/mol. The Morgan fingerprint density at radius 1 is 1.19 bits per heavy atom. The molecule has 0 fully saturated rings. The van der Waals surface area contributed by atoms with Gasteiger partial charge in [0.05, 0.1) is 13.2 Å². The van der Waals surface area contributed by atoms with E-state index in [0.717, 1.165) is 17.9 Å². The van der Waals surface area contributed by atoms with Crippen LogP contribution in [0.15, 0.2) is 18.2 Å². The largest absolute Gasteiger partial charge is 0.490 e. The molecule has 0 atom stereocenters. The van der Waals surface area contributed by atoms with Crippen molar-refractivity contribution < 1.29 is 14.3 Å². The Kier molecular flexibility index (Phi) is 5.07. The summed E-state index contributed by atoms with van der Waals surface area (Å²) in [7, 11) is 0. The molecule has 1 heterocycles. The molecule has 5 heteroatoms. The van der Waals surface area contributed by atoms with E-state index in [9.17, 15) is 4.79 Å². The molecule has 2 rings (SSSR count). The van der Waals surface area contributed by atoms with Crippen LogP contribution in [-0.4, -0.2) is 31.2 Å². The zero-order valence-corrected chi connectivity index (χ0v) is 13.0. The maximum atomic E-state index is 11.9. The number of anilines is 1. The minimum atomic E-state index is -0.0127. The summed E-state index contributed by atoms with van der Waals surface area (Å²) in [6, 6.07) is 5.49. The maximum Gasteiger partial charge on any atom is 0.225 e. The van der Waals surface area contributed by atoms with Crippen molar-refractivity contribution in [3.63, 3.8) is 0 Å². The van der Waals surface area contributed by atoms with Gasteiger partial charge in [-0.25, -0.2) is 0 Å². The minimum Gasteiger partial charge on any atom is -0.490 e.